The Morgan fingerprint density at radius 3 is 2.65 bits per heavy atom. The van der Waals surface area contributed by atoms with E-state index in [1.54, 1.807) is 0 Å². The fourth-order valence-electron chi connectivity index (χ4n) is 4.41. The highest BCUT2D eigenvalue weighted by molar-refractivity contribution is 4.91. The van der Waals surface area contributed by atoms with Crippen molar-refractivity contribution in [2.45, 2.75) is 76.5 Å². The van der Waals surface area contributed by atoms with Crippen LogP contribution in [0.2, 0.25) is 0 Å². The number of nitrogens with one attached hydrogen (secondary N) is 1. The van der Waals surface area contributed by atoms with Crippen LogP contribution in [0.1, 0.15) is 58.3 Å². The highest BCUT2D eigenvalue weighted by Gasteiger charge is 2.33. The van der Waals surface area contributed by atoms with Crippen LogP contribution in [0.15, 0.2) is 0 Å². The minimum Gasteiger partial charge on any atom is -0.377 e. The van der Waals surface area contributed by atoms with Gasteiger partial charge < -0.3 is 10.1 Å². The number of hydrogen-bond acceptors (Lipinski definition) is 3. The Morgan fingerprint density at radius 1 is 1.10 bits per heavy atom. The molecule has 1 N–H and O–H groups in total. The van der Waals surface area contributed by atoms with Crippen LogP contribution in [0.5, 0.6) is 0 Å². The van der Waals surface area contributed by atoms with Crippen LogP contribution in [0, 0.1) is 5.92 Å². The minimum absolute atomic E-state index is 0.508. The maximum absolute atomic E-state index is 5.87. The molecule has 3 fully saturated rings. The van der Waals surface area contributed by atoms with Crippen LogP contribution >= 0.6 is 0 Å². The van der Waals surface area contributed by atoms with Gasteiger partial charge in [-0.15, -0.1) is 0 Å². The molecular weight excluding hydrogens is 248 g/mol. The lowest BCUT2D eigenvalue weighted by molar-refractivity contribution is 0.0284. The van der Waals surface area contributed by atoms with E-state index in [0.29, 0.717) is 6.10 Å². The first kappa shape index (κ1) is 14.8. The summed E-state index contributed by atoms with van der Waals surface area (Å²) in [5.41, 5.74) is 0. The smallest absolute Gasteiger partial charge is 0.0702 e. The van der Waals surface area contributed by atoms with Crippen LogP contribution in [-0.2, 0) is 4.74 Å². The van der Waals surface area contributed by atoms with Crippen molar-refractivity contribution in [3.05, 3.63) is 0 Å². The van der Waals surface area contributed by atoms with Gasteiger partial charge in [0.1, 0.15) is 0 Å². The summed E-state index contributed by atoms with van der Waals surface area (Å²) in [7, 11) is 0. The summed E-state index contributed by atoms with van der Waals surface area (Å²) in [5.74, 6) is 0.925. The highest BCUT2D eigenvalue weighted by Crippen LogP contribution is 2.29. The zero-order chi connectivity index (χ0) is 13.8. The van der Waals surface area contributed by atoms with Gasteiger partial charge in [0, 0.05) is 38.3 Å². The van der Waals surface area contributed by atoms with Crippen molar-refractivity contribution < 1.29 is 4.74 Å². The van der Waals surface area contributed by atoms with Gasteiger partial charge in [-0.3, -0.25) is 4.90 Å². The zero-order valence-corrected chi connectivity index (χ0v) is 13.2. The maximum Gasteiger partial charge on any atom is 0.0702 e. The van der Waals surface area contributed by atoms with E-state index in [9.17, 15) is 0 Å². The van der Waals surface area contributed by atoms with Crippen molar-refractivity contribution in [1.82, 2.24) is 10.2 Å². The zero-order valence-electron chi connectivity index (χ0n) is 13.2. The molecule has 0 aromatic carbocycles. The third-order valence-corrected chi connectivity index (χ3v) is 5.72. The third kappa shape index (κ3) is 3.55. The molecule has 3 aliphatic rings. The lowest BCUT2D eigenvalue weighted by atomic mass is 9.82. The van der Waals surface area contributed by atoms with Gasteiger partial charge >= 0.3 is 0 Å². The largest absolute Gasteiger partial charge is 0.377 e. The highest BCUT2D eigenvalue weighted by atomic mass is 16.5. The molecule has 3 heteroatoms. The summed E-state index contributed by atoms with van der Waals surface area (Å²) >= 11 is 0. The first-order chi connectivity index (χ1) is 9.86. The van der Waals surface area contributed by atoms with Gasteiger partial charge in [0.15, 0.2) is 0 Å². The van der Waals surface area contributed by atoms with Crippen LogP contribution < -0.4 is 5.32 Å². The second kappa shape index (κ2) is 7.24. The molecule has 0 aromatic heterocycles. The van der Waals surface area contributed by atoms with E-state index < -0.39 is 0 Å². The lowest BCUT2D eigenvalue weighted by Crippen LogP contribution is -2.59. The summed E-state index contributed by atoms with van der Waals surface area (Å²) in [6, 6.07) is 1.46. The Morgan fingerprint density at radius 2 is 1.95 bits per heavy atom. The summed E-state index contributed by atoms with van der Waals surface area (Å²) in [6.07, 6.45) is 11.6. The lowest BCUT2D eigenvalue weighted by Gasteiger charge is -2.44. The Labute approximate surface area is 124 Å². The van der Waals surface area contributed by atoms with Crippen LogP contribution in [0.25, 0.3) is 0 Å². The third-order valence-electron chi connectivity index (χ3n) is 5.72. The molecule has 2 heterocycles. The van der Waals surface area contributed by atoms with Crippen molar-refractivity contribution in [1.29, 1.82) is 0 Å². The summed E-state index contributed by atoms with van der Waals surface area (Å²) in [5, 5.41) is 3.86. The fraction of sp³-hybridized carbons (Fsp3) is 1.00. The topological polar surface area (TPSA) is 24.5 Å². The van der Waals surface area contributed by atoms with Crippen LogP contribution in [0.4, 0.5) is 0 Å². The number of nitrogens with zero attached hydrogens (tertiary/aromatic N) is 1. The number of hydrogen-bond donors (Lipinski definition) is 1. The monoisotopic (exact) mass is 280 g/mol. The Kier molecular flexibility index (Phi) is 5.36. The second-order valence-corrected chi connectivity index (χ2v) is 7.06. The molecule has 2 aliphatic heterocycles. The predicted molar refractivity (Wildman–Crippen MR) is 83.0 cm³/mol. The maximum atomic E-state index is 5.87. The molecule has 3 rings (SSSR count). The van der Waals surface area contributed by atoms with Crippen LogP contribution in [-0.4, -0.2) is 49.3 Å². The molecule has 0 aromatic rings. The van der Waals surface area contributed by atoms with E-state index in [1.807, 2.05) is 0 Å². The second-order valence-electron chi connectivity index (χ2n) is 7.06. The molecule has 3 unspecified atom stereocenters. The van der Waals surface area contributed by atoms with Crippen LogP contribution in [0.3, 0.4) is 0 Å². The van der Waals surface area contributed by atoms with E-state index >= 15 is 0 Å². The quantitative estimate of drug-likeness (QED) is 0.857. The van der Waals surface area contributed by atoms with E-state index in [1.165, 1.54) is 71.0 Å². The van der Waals surface area contributed by atoms with Gasteiger partial charge in [-0.1, -0.05) is 26.2 Å². The van der Waals surface area contributed by atoms with Gasteiger partial charge in [0.2, 0.25) is 0 Å². The Bertz CT molecular complexity index is 285. The summed E-state index contributed by atoms with van der Waals surface area (Å²) in [6.45, 7) is 6.92. The predicted octanol–water partition coefficient (Wildman–Crippen LogP) is 2.80. The molecule has 0 amide bonds. The van der Waals surface area contributed by atoms with Crippen molar-refractivity contribution in [3.8, 4) is 0 Å². The number of ether oxygens (including phenoxy) is 1. The number of piperazine rings is 1. The van der Waals surface area contributed by atoms with Gasteiger partial charge in [-0.05, 0) is 38.0 Å². The molecule has 1 aliphatic carbocycles. The van der Waals surface area contributed by atoms with E-state index in [-0.39, 0.29) is 0 Å². The van der Waals surface area contributed by atoms with E-state index in [0.717, 1.165) is 24.6 Å². The molecule has 2 saturated heterocycles. The van der Waals surface area contributed by atoms with E-state index in [2.05, 4.69) is 17.1 Å². The average molecular weight is 280 g/mol. The molecule has 116 valence electrons. The first-order valence-electron chi connectivity index (χ1n) is 8.96. The molecule has 3 atom stereocenters. The molecule has 0 radical (unpaired) electrons. The SMILES string of the molecule is CCC1CNC(C2CCCCC2)CN1CC1CCCO1. The fourth-order valence-corrected chi connectivity index (χ4v) is 4.41. The molecular formula is C17H32N2O. The summed E-state index contributed by atoms with van der Waals surface area (Å²) < 4.78 is 5.87. The van der Waals surface area contributed by atoms with E-state index in [4.69, 9.17) is 4.74 Å². The van der Waals surface area contributed by atoms with Crippen molar-refractivity contribution >= 4 is 0 Å². The molecule has 1 saturated carbocycles. The number of rotatable bonds is 4. The minimum atomic E-state index is 0.508. The van der Waals surface area contributed by atoms with Gasteiger partial charge in [-0.25, -0.2) is 0 Å². The summed E-state index contributed by atoms with van der Waals surface area (Å²) in [4.78, 5) is 2.74. The average Bonchev–Trinajstić information content (AvgIpc) is 3.01. The van der Waals surface area contributed by atoms with Gasteiger partial charge in [0.25, 0.3) is 0 Å². The molecule has 0 bridgehead atoms. The van der Waals surface area contributed by atoms with Crippen molar-refractivity contribution in [3.63, 3.8) is 0 Å². The van der Waals surface area contributed by atoms with Gasteiger partial charge in [-0.2, -0.15) is 0 Å². The first-order valence-corrected chi connectivity index (χ1v) is 8.96. The normalized spacial score (nSPS) is 37.4. The van der Waals surface area contributed by atoms with Crippen molar-refractivity contribution in [2.24, 2.45) is 5.92 Å². The molecule has 20 heavy (non-hydrogen) atoms. The van der Waals surface area contributed by atoms with Crippen molar-refractivity contribution in [2.75, 3.05) is 26.2 Å². The standard InChI is InChI=1S/C17H32N2O/c1-2-15-11-18-17(14-7-4-3-5-8-14)13-19(15)12-16-9-6-10-20-16/h14-18H,2-13H2,1H3. The Balaban J connectivity index is 1.56. The molecule has 3 nitrogen and oxygen atoms in total. The Hall–Kier alpha value is -0.120. The molecule has 0 spiro atoms. The van der Waals surface area contributed by atoms with Gasteiger partial charge in [0.05, 0.1) is 6.10 Å².